The number of amides is 2. The molecule has 7 heteroatoms. The van der Waals surface area contributed by atoms with Crippen molar-refractivity contribution in [2.24, 2.45) is 0 Å². The van der Waals surface area contributed by atoms with Crippen molar-refractivity contribution >= 4 is 28.5 Å². The fraction of sp³-hybridized carbons (Fsp3) is 0.407. The molecule has 4 rings (SSSR count). The highest BCUT2D eigenvalue weighted by Crippen LogP contribution is 2.19. The van der Waals surface area contributed by atoms with Gasteiger partial charge in [-0.25, -0.2) is 9.97 Å². The van der Waals surface area contributed by atoms with Gasteiger partial charge in [0.05, 0.1) is 29.0 Å². The number of benzene rings is 2. The van der Waals surface area contributed by atoms with Gasteiger partial charge >= 0.3 is 0 Å². The average molecular weight is 460 g/mol. The molecule has 1 aliphatic rings. The Kier molecular flexibility index (Phi) is 7.22. The van der Waals surface area contributed by atoms with Crippen molar-refractivity contribution < 1.29 is 9.59 Å². The first-order valence-electron chi connectivity index (χ1n) is 12.1. The van der Waals surface area contributed by atoms with Gasteiger partial charge in [0, 0.05) is 37.4 Å². The van der Waals surface area contributed by atoms with Crippen molar-refractivity contribution in [2.75, 3.05) is 38.0 Å². The molecule has 1 aliphatic heterocycles. The third-order valence-electron chi connectivity index (χ3n) is 6.64. The zero-order valence-corrected chi connectivity index (χ0v) is 20.5. The van der Waals surface area contributed by atoms with Crippen molar-refractivity contribution in [2.45, 2.75) is 40.5 Å². The minimum atomic E-state index is -0.0280. The van der Waals surface area contributed by atoms with Crippen molar-refractivity contribution in [3.05, 3.63) is 64.5 Å². The Morgan fingerprint density at radius 1 is 0.912 bits per heavy atom. The highest BCUT2D eigenvalue weighted by Gasteiger charge is 2.24. The van der Waals surface area contributed by atoms with E-state index in [1.165, 1.54) is 0 Å². The van der Waals surface area contributed by atoms with Gasteiger partial charge in [0.1, 0.15) is 0 Å². The second-order valence-corrected chi connectivity index (χ2v) is 8.89. The molecule has 3 aromatic rings. The molecule has 178 valence electrons. The first-order chi connectivity index (χ1) is 16.4. The van der Waals surface area contributed by atoms with Crippen LogP contribution in [-0.2, 0) is 17.6 Å². The number of hydrogen-bond donors (Lipinski definition) is 1. The van der Waals surface area contributed by atoms with Crippen LogP contribution < -0.4 is 5.32 Å². The molecule has 0 atom stereocenters. The lowest BCUT2D eigenvalue weighted by Gasteiger charge is -2.34. The smallest absolute Gasteiger partial charge is 0.254 e. The van der Waals surface area contributed by atoms with E-state index in [1.54, 1.807) is 0 Å². The normalized spacial score (nSPS) is 14.4. The van der Waals surface area contributed by atoms with Gasteiger partial charge in [-0.05, 0) is 62.1 Å². The SMILES string of the molecule is CCc1nc2ccc(C(=O)N3CCN(CC(=O)Nc4cccc(C)c4C)CC3)cc2nc1CC. The van der Waals surface area contributed by atoms with E-state index in [0.717, 1.165) is 52.1 Å². The summed E-state index contributed by atoms with van der Waals surface area (Å²) in [7, 11) is 0. The van der Waals surface area contributed by atoms with Gasteiger partial charge in [0.2, 0.25) is 5.91 Å². The monoisotopic (exact) mass is 459 g/mol. The summed E-state index contributed by atoms with van der Waals surface area (Å²) in [6.45, 7) is 11.0. The number of anilines is 1. The summed E-state index contributed by atoms with van der Waals surface area (Å²) in [6, 6.07) is 11.5. The minimum Gasteiger partial charge on any atom is -0.336 e. The van der Waals surface area contributed by atoms with E-state index >= 15 is 0 Å². The minimum absolute atomic E-state index is 0.000744. The zero-order chi connectivity index (χ0) is 24.2. The molecule has 1 fully saturated rings. The van der Waals surface area contributed by atoms with Gasteiger partial charge in [-0.3, -0.25) is 14.5 Å². The first-order valence-corrected chi connectivity index (χ1v) is 12.1. The summed E-state index contributed by atoms with van der Waals surface area (Å²) >= 11 is 0. The van der Waals surface area contributed by atoms with E-state index in [4.69, 9.17) is 9.97 Å². The predicted octanol–water partition coefficient (Wildman–Crippen LogP) is 3.77. The summed E-state index contributed by atoms with van der Waals surface area (Å²) in [5.74, 6) is -0.0273. The van der Waals surface area contributed by atoms with Crippen LogP contribution >= 0.6 is 0 Å². The lowest BCUT2D eigenvalue weighted by atomic mass is 10.1. The van der Waals surface area contributed by atoms with E-state index in [9.17, 15) is 9.59 Å². The van der Waals surface area contributed by atoms with Gasteiger partial charge < -0.3 is 10.2 Å². The summed E-state index contributed by atoms with van der Waals surface area (Å²) in [5, 5.41) is 3.02. The largest absolute Gasteiger partial charge is 0.336 e. The third kappa shape index (κ3) is 5.09. The molecule has 1 N–H and O–H groups in total. The van der Waals surface area contributed by atoms with Crippen LogP contribution in [0.25, 0.3) is 11.0 Å². The third-order valence-corrected chi connectivity index (χ3v) is 6.64. The van der Waals surface area contributed by atoms with Crippen LogP contribution in [0, 0.1) is 13.8 Å². The van der Waals surface area contributed by atoms with Crippen LogP contribution in [0.5, 0.6) is 0 Å². The number of nitrogens with zero attached hydrogens (tertiary/aromatic N) is 4. The molecule has 2 aromatic carbocycles. The molecule has 0 spiro atoms. The van der Waals surface area contributed by atoms with Crippen molar-refractivity contribution in [3.8, 4) is 0 Å². The lowest BCUT2D eigenvalue weighted by molar-refractivity contribution is -0.117. The van der Waals surface area contributed by atoms with Gasteiger partial charge in [0.25, 0.3) is 5.91 Å². The summed E-state index contributed by atoms with van der Waals surface area (Å²) < 4.78 is 0. The Bertz CT molecular complexity index is 1220. The van der Waals surface area contributed by atoms with Gasteiger partial charge in [-0.15, -0.1) is 0 Å². The Morgan fingerprint density at radius 3 is 2.26 bits per heavy atom. The zero-order valence-electron chi connectivity index (χ0n) is 20.5. The number of nitrogens with one attached hydrogen (secondary N) is 1. The molecule has 0 unspecified atom stereocenters. The van der Waals surface area contributed by atoms with E-state index in [2.05, 4.69) is 24.1 Å². The molecule has 2 amide bonds. The van der Waals surface area contributed by atoms with Crippen LogP contribution in [0.2, 0.25) is 0 Å². The quantitative estimate of drug-likeness (QED) is 0.607. The molecule has 1 saturated heterocycles. The molecule has 0 bridgehead atoms. The maximum Gasteiger partial charge on any atom is 0.254 e. The van der Waals surface area contributed by atoms with Crippen molar-refractivity contribution in [3.63, 3.8) is 0 Å². The molecule has 0 saturated carbocycles. The van der Waals surface area contributed by atoms with Crippen molar-refractivity contribution in [1.29, 1.82) is 0 Å². The van der Waals surface area contributed by atoms with Crippen LogP contribution in [-0.4, -0.2) is 64.3 Å². The molecule has 2 heterocycles. The Hall–Kier alpha value is -3.32. The highest BCUT2D eigenvalue weighted by atomic mass is 16.2. The second-order valence-electron chi connectivity index (χ2n) is 8.89. The number of aromatic nitrogens is 2. The van der Waals surface area contributed by atoms with Gasteiger partial charge in [-0.2, -0.15) is 0 Å². The molecule has 7 nitrogen and oxygen atoms in total. The predicted molar refractivity (Wildman–Crippen MR) is 135 cm³/mol. The summed E-state index contributed by atoms with van der Waals surface area (Å²) in [6.07, 6.45) is 1.67. The Morgan fingerprint density at radius 2 is 1.59 bits per heavy atom. The number of carbonyl (C=O) groups excluding carboxylic acids is 2. The molecule has 34 heavy (non-hydrogen) atoms. The second kappa shape index (κ2) is 10.3. The maximum absolute atomic E-state index is 13.1. The van der Waals surface area contributed by atoms with Crippen LogP contribution in [0.3, 0.4) is 0 Å². The number of hydrogen-bond acceptors (Lipinski definition) is 5. The van der Waals surface area contributed by atoms with E-state index in [0.29, 0.717) is 38.3 Å². The summed E-state index contributed by atoms with van der Waals surface area (Å²) in [5.41, 5.74) is 7.33. The Labute approximate surface area is 201 Å². The number of aryl methyl sites for hydroxylation is 3. The van der Waals surface area contributed by atoms with E-state index in [-0.39, 0.29) is 11.8 Å². The van der Waals surface area contributed by atoms with Gasteiger partial charge in [-0.1, -0.05) is 26.0 Å². The summed E-state index contributed by atoms with van der Waals surface area (Å²) in [4.78, 5) is 39.1. The number of fused-ring (bicyclic) bond motifs is 1. The molecular weight excluding hydrogens is 426 g/mol. The van der Waals surface area contributed by atoms with Crippen LogP contribution in [0.4, 0.5) is 5.69 Å². The number of rotatable bonds is 6. The molecular formula is C27H33N5O2. The van der Waals surface area contributed by atoms with Crippen molar-refractivity contribution in [1.82, 2.24) is 19.8 Å². The first kappa shape index (κ1) is 23.8. The van der Waals surface area contributed by atoms with Crippen LogP contribution in [0.1, 0.15) is 46.7 Å². The fourth-order valence-electron chi connectivity index (χ4n) is 4.40. The Balaban J connectivity index is 1.36. The lowest BCUT2D eigenvalue weighted by Crippen LogP contribution is -2.50. The fourth-order valence-corrected chi connectivity index (χ4v) is 4.40. The molecule has 0 radical (unpaired) electrons. The maximum atomic E-state index is 13.1. The van der Waals surface area contributed by atoms with Crippen LogP contribution in [0.15, 0.2) is 36.4 Å². The topological polar surface area (TPSA) is 78.4 Å². The highest BCUT2D eigenvalue weighted by molar-refractivity contribution is 5.97. The number of piperazine rings is 1. The van der Waals surface area contributed by atoms with E-state index in [1.807, 2.05) is 55.1 Å². The standard InChI is InChI=1S/C27H33N5O2/c1-5-21-22(6-2)29-25-16-20(10-11-24(25)28-21)27(34)32-14-12-31(13-15-32)17-26(33)30-23-9-7-8-18(3)19(23)4/h7-11,16H,5-6,12-15,17H2,1-4H3,(H,30,33). The molecule has 0 aliphatic carbocycles. The number of carbonyl (C=O) groups is 2. The average Bonchev–Trinajstić information content (AvgIpc) is 2.85. The molecule has 1 aromatic heterocycles. The van der Waals surface area contributed by atoms with E-state index < -0.39 is 0 Å². The van der Waals surface area contributed by atoms with Gasteiger partial charge in [0.15, 0.2) is 0 Å².